The summed E-state index contributed by atoms with van der Waals surface area (Å²) in [5.74, 6) is 0.694. The van der Waals surface area contributed by atoms with Crippen LogP contribution in [-0.2, 0) is 4.79 Å². The minimum atomic E-state index is -0.592. The van der Waals surface area contributed by atoms with E-state index in [0.717, 1.165) is 0 Å². The number of rotatable bonds is 5. The van der Waals surface area contributed by atoms with Crippen molar-refractivity contribution in [3.8, 4) is 34.8 Å². The van der Waals surface area contributed by atoms with Crippen molar-refractivity contribution in [1.29, 1.82) is 5.26 Å². The van der Waals surface area contributed by atoms with Crippen LogP contribution in [0.4, 0.5) is 5.69 Å². The molecule has 0 aliphatic carbocycles. The van der Waals surface area contributed by atoms with Gasteiger partial charge in [-0.2, -0.15) is 5.26 Å². The van der Waals surface area contributed by atoms with Gasteiger partial charge in [0, 0.05) is 11.8 Å². The summed E-state index contributed by atoms with van der Waals surface area (Å²) in [6.07, 6.45) is 1.37. The highest BCUT2D eigenvalue weighted by Crippen LogP contribution is 2.38. The van der Waals surface area contributed by atoms with Crippen LogP contribution in [0.2, 0.25) is 0 Å². The molecule has 1 aliphatic heterocycles. The van der Waals surface area contributed by atoms with Gasteiger partial charge in [-0.05, 0) is 35.9 Å². The maximum atomic E-state index is 12.5. The number of carbonyl (C=O) groups excluding carboxylic acids is 1. The molecule has 3 rings (SSSR count). The van der Waals surface area contributed by atoms with E-state index in [0.29, 0.717) is 36.0 Å². The van der Waals surface area contributed by atoms with Crippen molar-refractivity contribution in [1.82, 2.24) is 0 Å². The van der Waals surface area contributed by atoms with Gasteiger partial charge in [0.05, 0.1) is 14.2 Å². The fourth-order valence-electron chi connectivity index (χ4n) is 2.63. The molecule has 0 fully saturated rings. The summed E-state index contributed by atoms with van der Waals surface area (Å²) in [4.78, 5) is 12.5. The molecule has 2 N–H and O–H groups in total. The van der Waals surface area contributed by atoms with Gasteiger partial charge in [-0.25, -0.2) is 0 Å². The number of phenolic OH excluding ortho intramolecular Hbond substituents is 1. The van der Waals surface area contributed by atoms with E-state index in [4.69, 9.17) is 18.9 Å². The average Bonchev–Trinajstić information content (AvgIpc) is 2.72. The van der Waals surface area contributed by atoms with Gasteiger partial charge in [0.2, 0.25) is 5.75 Å². The molecule has 28 heavy (non-hydrogen) atoms. The summed E-state index contributed by atoms with van der Waals surface area (Å²) in [7, 11) is 2.78. The van der Waals surface area contributed by atoms with Gasteiger partial charge < -0.3 is 29.4 Å². The van der Waals surface area contributed by atoms with E-state index in [9.17, 15) is 15.2 Å². The summed E-state index contributed by atoms with van der Waals surface area (Å²) >= 11 is 0. The zero-order valence-corrected chi connectivity index (χ0v) is 15.3. The van der Waals surface area contributed by atoms with Crippen molar-refractivity contribution in [2.45, 2.75) is 0 Å². The summed E-state index contributed by atoms with van der Waals surface area (Å²) in [5, 5.41) is 22.0. The van der Waals surface area contributed by atoms with Gasteiger partial charge in [-0.1, -0.05) is 0 Å². The van der Waals surface area contributed by atoms with Crippen molar-refractivity contribution >= 4 is 17.7 Å². The van der Waals surface area contributed by atoms with Gasteiger partial charge in [-0.3, -0.25) is 4.79 Å². The standard InChI is InChI=1S/C20H18N2O6/c1-25-17-8-12(9-18(26-2)19(17)23)7-13(11-21)20(24)22-14-3-4-15-16(10-14)28-6-5-27-15/h3-4,7-10,23H,5-6H2,1-2H3,(H,22,24)/b13-7+. The van der Waals surface area contributed by atoms with E-state index in [-0.39, 0.29) is 22.8 Å². The van der Waals surface area contributed by atoms with Crippen LogP contribution in [0, 0.1) is 11.3 Å². The number of methoxy groups -OCH3 is 2. The SMILES string of the molecule is COc1cc(/C=C(\C#N)C(=O)Nc2ccc3c(c2)OCCO3)cc(OC)c1O. The largest absolute Gasteiger partial charge is 0.502 e. The molecule has 0 unspecified atom stereocenters. The molecule has 8 heteroatoms. The third kappa shape index (κ3) is 3.94. The van der Waals surface area contributed by atoms with Gasteiger partial charge in [-0.15, -0.1) is 0 Å². The Hall–Kier alpha value is -3.86. The Bertz CT molecular complexity index is 952. The highest BCUT2D eigenvalue weighted by molar-refractivity contribution is 6.09. The maximum absolute atomic E-state index is 12.5. The van der Waals surface area contributed by atoms with Crippen LogP contribution in [0.5, 0.6) is 28.7 Å². The number of ether oxygens (including phenoxy) is 4. The Labute approximate surface area is 161 Å². The number of anilines is 1. The smallest absolute Gasteiger partial charge is 0.266 e. The first-order valence-corrected chi connectivity index (χ1v) is 8.33. The average molecular weight is 382 g/mol. The third-order valence-electron chi connectivity index (χ3n) is 3.98. The molecule has 144 valence electrons. The molecule has 1 heterocycles. The lowest BCUT2D eigenvalue weighted by Crippen LogP contribution is -2.17. The second-order valence-electron chi connectivity index (χ2n) is 5.76. The highest BCUT2D eigenvalue weighted by atomic mass is 16.6. The number of carbonyl (C=O) groups is 1. The van der Waals surface area contributed by atoms with Crippen LogP contribution in [0.1, 0.15) is 5.56 Å². The summed E-state index contributed by atoms with van der Waals surface area (Å²) in [5.41, 5.74) is 0.793. The molecule has 8 nitrogen and oxygen atoms in total. The zero-order chi connectivity index (χ0) is 20.1. The first-order valence-electron chi connectivity index (χ1n) is 8.33. The number of nitriles is 1. The van der Waals surface area contributed by atoms with Crippen LogP contribution in [0.3, 0.4) is 0 Å². The Morgan fingerprint density at radius 2 is 1.79 bits per heavy atom. The second kappa shape index (κ2) is 8.22. The van der Waals surface area contributed by atoms with Crippen LogP contribution < -0.4 is 24.3 Å². The normalized spacial score (nSPS) is 12.7. The predicted molar refractivity (Wildman–Crippen MR) is 101 cm³/mol. The van der Waals surface area contributed by atoms with E-state index in [1.165, 1.54) is 32.4 Å². The molecule has 1 aliphatic rings. The number of fused-ring (bicyclic) bond motifs is 1. The Morgan fingerprint density at radius 3 is 2.39 bits per heavy atom. The van der Waals surface area contributed by atoms with Gasteiger partial charge >= 0.3 is 0 Å². The maximum Gasteiger partial charge on any atom is 0.266 e. The fourth-order valence-corrected chi connectivity index (χ4v) is 2.63. The number of benzene rings is 2. The summed E-state index contributed by atoms with van der Waals surface area (Å²) < 4.78 is 21.1. The number of hydrogen-bond acceptors (Lipinski definition) is 7. The number of amides is 1. The molecular weight excluding hydrogens is 364 g/mol. The molecule has 0 saturated carbocycles. The summed E-state index contributed by atoms with van der Waals surface area (Å²) in [6.45, 7) is 0.901. The molecule has 0 bridgehead atoms. The molecule has 0 atom stereocenters. The molecule has 2 aromatic carbocycles. The number of hydrogen-bond donors (Lipinski definition) is 2. The number of phenols is 1. The Balaban J connectivity index is 1.85. The van der Waals surface area contributed by atoms with E-state index in [1.54, 1.807) is 18.2 Å². The monoisotopic (exact) mass is 382 g/mol. The highest BCUT2D eigenvalue weighted by Gasteiger charge is 2.16. The minimum absolute atomic E-state index is 0.135. The van der Waals surface area contributed by atoms with Gasteiger partial charge in [0.15, 0.2) is 23.0 Å². The predicted octanol–water partition coefficient (Wildman–Crippen LogP) is 2.73. The zero-order valence-electron chi connectivity index (χ0n) is 15.3. The topological polar surface area (TPSA) is 110 Å². The van der Waals surface area contributed by atoms with E-state index in [2.05, 4.69) is 5.32 Å². The van der Waals surface area contributed by atoms with Crippen LogP contribution in [0.15, 0.2) is 35.9 Å². The second-order valence-corrected chi connectivity index (χ2v) is 5.76. The molecule has 2 aromatic rings. The molecule has 0 aromatic heterocycles. The Kier molecular flexibility index (Phi) is 5.56. The van der Waals surface area contributed by atoms with Gasteiger partial charge in [0.1, 0.15) is 24.9 Å². The summed E-state index contributed by atoms with van der Waals surface area (Å²) in [6, 6.07) is 9.84. The lowest BCUT2D eigenvalue weighted by Gasteiger charge is -2.18. The lowest BCUT2D eigenvalue weighted by molar-refractivity contribution is -0.112. The van der Waals surface area contributed by atoms with Crippen molar-refractivity contribution in [3.05, 3.63) is 41.5 Å². The van der Waals surface area contributed by atoms with E-state index >= 15 is 0 Å². The molecule has 0 radical (unpaired) electrons. The van der Waals surface area contributed by atoms with Crippen molar-refractivity contribution in [2.75, 3.05) is 32.8 Å². The number of aromatic hydroxyl groups is 1. The van der Waals surface area contributed by atoms with E-state index in [1.807, 2.05) is 6.07 Å². The van der Waals surface area contributed by atoms with Crippen molar-refractivity contribution in [2.24, 2.45) is 0 Å². The molecular formula is C20H18N2O6. The molecule has 1 amide bonds. The first-order chi connectivity index (χ1) is 13.5. The van der Waals surface area contributed by atoms with Crippen molar-refractivity contribution < 1.29 is 28.8 Å². The number of nitrogens with one attached hydrogen (secondary N) is 1. The quantitative estimate of drug-likeness (QED) is 0.604. The van der Waals surface area contributed by atoms with Crippen LogP contribution >= 0.6 is 0 Å². The molecule has 0 spiro atoms. The fraction of sp³-hybridized carbons (Fsp3) is 0.200. The molecule has 0 saturated heterocycles. The number of nitrogens with zero attached hydrogens (tertiary/aromatic N) is 1. The van der Waals surface area contributed by atoms with E-state index < -0.39 is 5.91 Å². The van der Waals surface area contributed by atoms with Gasteiger partial charge in [0.25, 0.3) is 5.91 Å². The first kappa shape index (κ1) is 18.9. The van der Waals surface area contributed by atoms with Crippen LogP contribution in [0.25, 0.3) is 6.08 Å². The third-order valence-corrected chi connectivity index (χ3v) is 3.98. The lowest BCUT2D eigenvalue weighted by atomic mass is 10.1. The van der Waals surface area contributed by atoms with Crippen LogP contribution in [-0.4, -0.2) is 38.4 Å². The minimum Gasteiger partial charge on any atom is -0.502 e. The van der Waals surface area contributed by atoms with Crippen molar-refractivity contribution in [3.63, 3.8) is 0 Å². The Morgan fingerprint density at radius 1 is 1.14 bits per heavy atom.